The largest absolute Gasteiger partial charge is 0.350 e. The van der Waals surface area contributed by atoms with Crippen LogP contribution in [-0.4, -0.2) is 28.9 Å². The van der Waals surface area contributed by atoms with Gasteiger partial charge in [0.05, 0.1) is 0 Å². The highest BCUT2D eigenvalue weighted by Gasteiger charge is 2.20. The number of rotatable bonds is 5. The summed E-state index contributed by atoms with van der Waals surface area (Å²) >= 11 is 5.48. The van der Waals surface area contributed by atoms with Gasteiger partial charge in [-0.3, -0.25) is 4.79 Å². The van der Waals surface area contributed by atoms with Gasteiger partial charge in [-0.1, -0.05) is 32.1 Å². The van der Waals surface area contributed by atoms with E-state index in [1.165, 1.54) is 32.1 Å². The highest BCUT2D eigenvalue weighted by atomic mass is 32.1. The van der Waals surface area contributed by atoms with Crippen LogP contribution in [0.25, 0.3) is 0 Å². The van der Waals surface area contributed by atoms with Gasteiger partial charge in [0.2, 0.25) is 0 Å². The van der Waals surface area contributed by atoms with Crippen LogP contribution >= 0.6 is 12.2 Å². The Morgan fingerprint density at radius 2 is 1.84 bits per heavy atom. The van der Waals surface area contributed by atoms with E-state index < -0.39 is 0 Å². The zero-order chi connectivity index (χ0) is 18.6. The van der Waals surface area contributed by atoms with E-state index in [9.17, 15) is 4.79 Å². The average molecular weight is 361 g/mol. The zero-order valence-corrected chi connectivity index (χ0v) is 17.1. The first kappa shape index (κ1) is 19.9. The molecular weight excluding hydrogens is 328 g/mol. The molecule has 0 bridgehead atoms. The number of aryl methyl sites for hydroxylation is 2. The molecule has 0 heterocycles. The third kappa shape index (κ3) is 5.27. The maximum atomic E-state index is 12.8. The predicted molar refractivity (Wildman–Crippen MR) is 111 cm³/mol. The lowest BCUT2D eigenvalue weighted by atomic mass is 9.84. The zero-order valence-electron chi connectivity index (χ0n) is 16.3. The number of hydrogen-bond donors (Lipinski definition) is 1. The summed E-state index contributed by atoms with van der Waals surface area (Å²) in [6.45, 7) is 8.28. The molecule has 3 nitrogen and oxygen atoms in total. The second-order valence-electron chi connectivity index (χ2n) is 7.75. The molecule has 1 fully saturated rings. The fourth-order valence-corrected chi connectivity index (χ4v) is 3.77. The van der Waals surface area contributed by atoms with E-state index in [0.29, 0.717) is 29.3 Å². The van der Waals surface area contributed by atoms with E-state index in [0.717, 1.165) is 22.4 Å². The number of Topliss-reactive ketones (excluding diaryl/α,β-unsaturated/α-hetero) is 1. The lowest BCUT2D eigenvalue weighted by Gasteiger charge is -2.26. The Bertz CT molecular complexity index is 633. The number of carbonyl (C=O) groups is 1. The molecule has 0 atom stereocenters. The normalized spacial score (nSPS) is 15.3. The second kappa shape index (κ2) is 8.79. The summed E-state index contributed by atoms with van der Waals surface area (Å²) in [4.78, 5) is 14.8. The lowest BCUT2D eigenvalue weighted by Crippen LogP contribution is -2.36. The third-order valence-corrected chi connectivity index (χ3v) is 5.80. The number of ketones is 1. The summed E-state index contributed by atoms with van der Waals surface area (Å²) in [6.07, 6.45) is 6.99. The molecule has 25 heavy (non-hydrogen) atoms. The van der Waals surface area contributed by atoms with Crippen molar-refractivity contribution in [3.63, 3.8) is 0 Å². The molecule has 1 saturated carbocycles. The number of hydrogen-bond acceptors (Lipinski definition) is 2. The van der Waals surface area contributed by atoms with Crippen LogP contribution < -0.4 is 5.32 Å². The quantitative estimate of drug-likeness (QED) is 0.555. The van der Waals surface area contributed by atoms with Crippen LogP contribution in [0.15, 0.2) is 12.1 Å². The summed E-state index contributed by atoms with van der Waals surface area (Å²) < 4.78 is 0. The minimum absolute atomic E-state index is 0.293. The molecule has 1 aromatic rings. The molecule has 0 spiro atoms. The third-order valence-electron chi connectivity index (χ3n) is 5.41. The molecule has 0 saturated heterocycles. The monoisotopic (exact) mass is 360 g/mol. The first-order chi connectivity index (χ1) is 11.8. The van der Waals surface area contributed by atoms with Gasteiger partial charge in [-0.2, -0.15) is 0 Å². The van der Waals surface area contributed by atoms with Crippen LogP contribution in [0.4, 0.5) is 5.69 Å². The Morgan fingerprint density at radius 3 is 2.44 bits per heavy atom. The molecule has 0 aromatic heterocycles. The van der Waals surface area contributed by atoms with Gasteiger partial charge in [0.25, 0.3) is 0 Å². The van der Waals surface area contributed by atoms with E-state index in [1.54, 1.807) is 0 Å². The predicted octanol–water partition coefficient (Wildman–Crippen LogP) is 5.49. The molecule has 138 valence electrons. The van der Waals surface area contributed by atoms with Crippen LogP contribution in [0.2, 0.25) is 0 Å². The Balaban J connectivity index is 2.10. The Morgan fingerprint density at radius 1 is 1.20 bits per heavy atom. The second-order valence-corrected chi connectivity index (χ2v) is 8.13. The van der Waals surface area contributed by atoms with Gasteiger partial charge in [0.1, 0.15) is 0 Å². The van der Waals surface area contributed by atoms with Crippen molar-refractivity contribution in [1.29, 1.82) is 0 Å². The average Bonchev–Trinajstić information content (AvgIpc) is 2.57. The van der Waals surface area contributed by atoms with E-state index in [1.807, 2.05) is 31.9 Å². The topological polar surface area (TPSA) is 32.3 Å². The van der Waals surface area contributed by atoms with Crippen molar-refractivity contribution in [1.82, 2.24) is 4.90 Å². The van der Waals surface area contributed by atoms with Gasteiger partial charge >= 0.3 is 0 Å². The molecule has 0 aliphatic heterocycles. The minimum Gasteiger partial charge on any atom is -0.350 e. The number of nitrogens with zero attached hydrogens (tertiary/aromatic N) is 1. The number of carbonyl (C=O) groups excluding carboxylic acids is 1. The van der Waals surface area contributed by atoms with E-state index in [4.69, 9.17) is 12.2 Å². The maximum absolute atomic E-state index is 12.8. The molecule has 1 aromatic carbocycles. The van der Waals surface area contributed by atoms with Crippen molar-refractivity contribution >= 4 is 28.8 Å². The smallest absolute Gasteiger partial charge is 0.173 e. The highest BCUT2D eigenvalue weighted by molar-refractivity contribution is 7.80. The van der Waals surface area contributed by atoms with Crippen molar-refractivity contribution in [2.24, 2.45) is 5.92 Å². The van der Waals surface area contributed by atoms with E-state index >= 15 is 0 Å². The molecule has 1 aliphatic rings. The summed E-state index contributed by atoms with van der Waals surface area (Å²) in [5, 5.41) is 4.03. The van der Waals surface area contributed by atoms with Crippen LogP contribution in [0, 0.1) is 19.8 Å². The molecule has 4 heteroatoms. The van der Waals surface area contributed by atoms with Gasteiger partial charge in [-0.25, -0.2) is 0 Å². The van der Waals surface area contributed by atoms with Crippen LogP contribution in [0.1, 0.15) is 73.9 Å². The Hall–Kier alpha value is -1.42. The number of anilines is 1. The molecular formula is C21H32N2OS. The first-order valence-corrected chi connectivity index (χ1v) is 9.88. The van der Waals surface area contributed by atoms with E-state index in [-0.39, 0.29) is 0 Å². The van der Waals surface area contributed by atoms with E-state index in [2.05, 4.69) is 25.2 Å². The molecule has 1 N–H and O–H groups in total. The van der Waals surface area contributed by atoms with Gasteiger partial charge in [0, 0.05) is 30.8 Å². The van der Waals surface area contributed by atoms with Crippen molar-refractivity contribution in [3.8, 4) is 0 Å². The van der Waals surface area contributed by atoms with Crippen molar-refractivity contribution in [2.45, 2.75) is 72.3 Å². The van der Waals surface area contributed by atoms with Crippen LogP contribution in [-0.2, 0) is 0 Å². The number of thiocarbonyl (C=S) groups is 1. The van der Waals surface area contributed by atoms with Gasteiger partial charge in [0.15, 0.2) is 10.9 Å². The standard InChI is InChI=1S/C21H32N2OS/c1-14(2)23(5)21(25)22-19-12-15(3)18(11-16(19)4)20(24)13-17-9-7-6-8-10-17/h11-12,14,17H,6-10,13H2,1-5H3,(H,22,25). The van der Waals surface area contributed by atoms with Crippen molar-refractivity contribution in [2.75, 3.05) is 12.4 Å². The van der Waals surface area contributed by atoms with Crippen LogP contribution in [0.3, 0.4) is 0 Å². The SMILES string of the molecule is Cc1cc(C(=O)CC2CCCCC2)c(C)cc1NC(=S)N(C)C(C)C. The van der Waals surface area contributed by atoms with Crippen molar-refractivity contribution in [3.05, 3.63) is 28.8 Å². The van der Waals surface area contributed by atoms with Crippen LogP contribution in [0.5, 0.6) is 0 Å². The Kier molecular flexibility index (Phi) is 7.00. The number of nitrogens with one attached hydrogen (secondary N) is 1. The summed E-state index contributed by atoms with van der Waals surface area (Å²) in [6, 6.07) is 4.43. The van der Waals surface area contributed by atoms with Gasteiger partial charge < -0.3 is 10.2 Å². The van der Waals surface area contributed by atoms with Gasteiger partial charge in [-0.15, -0.1) is 0 Å². The van der Waals surface area contributed by atoms with Crippen molar-refractivity contribution < 1.29 is 4.79 Å². The fourth-order valence-electron chi connectivity index (χ4n) is 3.45. The fraction of sp³-hybridized carbons (Fsp3) is 0.619. The molecule has 1 aliphatic carbocycles. The first-order valence-electron chi connectivity index (χ1n) is 9.47. The summed E-state index contributed by atoms with van der Waals surface area (Å²) in [5.41, 5.74) is 3.96. The summed E-state index contributed by atoms with van der Waals surface area (Å²) in [5.74, 6) is 0.868. The number of benzene rings is 1. The van der Waals surface area contributed by atoms with Gasteiger partial charge in [-0.05, 0) is 69.1 Å². The maximum Gasteiger partial charge on any atom is 0.173 e. The Labute approximate surface area is 158 Å². The molecule has 0 radical (unpaired) electrons. The summed E-state index contributed by atoms with van der Waals surface area (Å²) in [7, 11) is 1.99. The lowest BCUT2D eigenvalue weighted by molar-refractivity contribution is 0.0949. The molecule has 2 rings (SSSR count). The highest BCUT2D eigenvalue weighted by Crippen LogP contribution is 2.29. The minimum atomic E-state index is 0.293. The molecule has 0 amide bonds. The molecule has 0 unspecified atom stereocenters.